The first-order chi connectivity index (χ1) is 8.66. The van der Waals surface area contributed by atoms with Crippen LogP contribution in [0, 0.1) is 6.92 Å². The van der Waals surface area contributed by atoms with Crippen LogP contribution in [-0.4, -0.2) is 31.0 Å². The molecule has 0 atom stereocenters. The number of hydrogen-bond acceptors (Lipinski definition) is 2. The number of aryl methyl sites for hydroxylation is 1. The number of carbonyl (C=O) groups is 1. The summed E-state index contributed by atoms with van der Waals surface area (Å²) in [6, 6.07) is 5.66. The minimum absolute atomic E-state index is 0.0499. The van der Waals surface area contributed by atoms with E-state index in [9.17, 15) is 4.79 Å². The number of rotatable bonds is 7. The second kappa shape index (κ2) is 8.67. The molecule has 1 N–H and O–H groups in total. The molecule has 0 heterocycles. The number of benzene rings is 1. The molecule has 1 rings (SSSR count). The van der Waals surface area contributed by atoms with Gasteiger partial charge in [-0.05, 0) is 40.9 Å². The van der Waals surface area contributed by atoms with Crippen LogP contribution in [0.3, 0.4) is 0 Å². The van der Waals surface area contributed by atoms with Gasteiger partial charge in [-0.15, -0.1) is 0 Å². The Hall–Kier alpha value is -0.390. The average molecular weight is 379 g/mol. The molecule has 0 aliphatic carbocycles. The predicted octanol–water partition coefficient (Wildman–Crippen LogP) is 3.29. The zero-order valence-corrected chi connectivity index (χ0v) is 13.5. The second-order valence-corrected chi connectivity index (χ2v) is 5.43. The first kappa shape index (κ1) is 15.7. The van der Waals surface area contributed by atoms with Gasteiger partial charge in [0.05, 0.1) is 12.2 Å². The van der Waals surface area contributed by atoms with E-state index < -0.39 is 0 Å². The van der Waals surface area contributed by atoms with E-state index in [0.717, 1.165) is 21.8 Å². The lowest BCUT2D eigenvalue weighted by atomic mass is 10.1. The van der Waals surface area contributed by atoms with E-state index in [-0.39, 0.29) is 5.91 Å². The fourth-order valence-electron chi connectivity index (χ4n) is 1.45. The van der Waals surface area contributed by atoms with E-state index in [1.807, 2.05) is 25.1 Å². The minimum Gasteiger partial charge on any atom is -0.381 e. The Bertz CT molecular complexity index is 397. The molecular weight excluding hydrogens is 362 g/mol. The molecule has 3 nitrogen and oxygen atoms in total. The maximum absolute atomic E-state index is 11.9. The number of alkyl halides is 1. The smallest absolute Gasteiger partial charge is 0.252 e. The molecule has 0 fully saturated rings. The van der Waals surface area contributed by atoms with Crippen molar-refractivity contribution in [3.8, 4) is 0 Å². The molecule has 0 saturated heterocycles. The van der Waals surface area contributed by atoms with Crippen LogP contribution in [0.4, 0.5) is 0 Å². The average Bonchev–Trinajstić information content (AvgIpc) is 2.36. The molecule has 1 aromatic rings. The Morgan fingerprint density at radius 3 is 2.89 bits per heavy atom. The molecule has 1 amide bonds. The number of amides is 1. The number of ether oxygens (including phenoxy) is 1. The lowest BCUT2D eigenvalue weighted by Crippen LogP contribution is -2.25. The van der Waals surface area contributed by atoms with Gasteiger partial charge in [0.1, 0.15) is 0 Å². The Kier molecular flexibility index (Phi) is 7.54. The van der Waals surface area contributed by atoms with Crippen LogP contribution in [0.2, 0.25) is 0 Å². The van der Waals surface area contributed by atoms with Crippen LogP contribution in [0.1, 0.15) is 22.3 Å². The lowest BCUT2D eigenvalue weighted by molar-refractivity contribution is 0.0944. The lowest BCUT2D eigenvalue weighted by Gasteiger charge is -2.08. The predicted molar refractivity (Wildman–Crippen MR) is 80.4 cm³/mol. The molecule has 0 saturated carbocycles. The van der Waals surface area contributed by atoms with E-state index in [4.69, 9.17) is 4.74 Å². The molecule has 0 aromatic heterocycles. The van der Waals surface area contributed by atoms with Crippen molar-refractivity contribution < 1.29 is 9.53 Å². The van der Waals surface area contributed by atoms with Gasteiger partial charge in [0, 0.05) is 23.0 Å². The van der Waals surface area contributed by atoms with Crippen molar-refractivity contribution in [2.24, 2.45) is 0 Å². The largest absolute Gasteiger partial charge is 0.381 e. The van der Waals surface area contributed by atoms with Gasteiger partial charge in [-0.3, -0.25) is 4.79 Å². The Morgan fingerprint density at radius 1 is 1.39 bits per heavy atom. The van der Waals surface area contributed by atoms with Crippen LogP contribution >= 0.6 is 31.9 Å². The summed E-state index contributed by atoms with van der Waals surface area (Å²) in [4.78, 5) is 11.9. The third kappa shape index (κ3) is 5.08. The van der Waals surface area contributed by atoms with Crippen LogP contribution in [0.15, 0.2) is 22.7 Å². The van der Waals surface area contributed by atoms with Gasteiger partial charge < -0.3 is 10.1 Å². The Labute approximate surface area is 125 Å². The first-order valence-electron chi connectivity index (χ1n) is 5.84. The molecule has 0 aliphatic rings. The fourth-order valence-corrected chi connectivity index (χ4v) is 2.12. The maximum atomic E-state index is 11.9. The zero-order chi connectivity index (χ0) is 13.4. The van der Waals surface area contributed by atoms with Gasteiger partial charge in [-0.1, -0.05) is 28.1 Å². The standard InChI is InChI=1S/C13H17Br2NO2/c1-10-4-2-5-11(12(10)15)13(17)16-7-3-8-18-9-6-14/h2,4-5H,3,6-9H2,1H3,(H,16,17). The van der Waals surface area contributed by atoms with Crippen molar-refractivity contribution in [1.29, 1.82) is 0 Å². The van der Waals surface area contributed by atoms with Crippen molar-refractivity contribution >= 4 is 37.8 Å². The van der Waals surface area contributed by atoms with E-state index in [1.165, 1.54) is 0 Å². The monoisotopic (exact) mass is 377 g/mol. The summed E-state index contributed by atoms with van der Waals surface area (Å²) in [6.45, 7) is 3.97. The molecule has 0 aliphatic heterocycles. The van der Waals surface area contributed by atoms with Crippen molar-refractivity contribution in [2.45, 2.75) is 13.3 Å². The van der Waals surface area contributed by atoms with Gasteiger partial charge in [0.25, 0.3) is 5.91 Å². The van der Waals surface area contributed by atoms with Crippen LogP contribution < -0.4 is 5.32 Å². The summed E-state index contributed by atoms with van der Waals surface area (Å²) in [6.07, 6.45) is 0.822. The third-order valence-corrected chi connectivity index (χ3v) is 3.79. The summed E-state index contributed by atoms with van der Waals surface area (Å²) in [5, 5.41) is 3.73. The zero-order valence-electron chi connectivity index (χ0n) is 10.3. The molecule has 5 heteroatoms. The summed E-state index contributed by atoms with van der Waals surface area (Å²) in [5.41, 5.74) is 1.74. The van der Waals surface area contributed by atoms with Crippen LogP contribution in [-0.2, 0) is 4.74 Å². The van der Waals surface area contributed by atoms with E-state index in [0.29, 0.717) is 25.3 Å². The van der Waals surface area contributed by atoms with Crippen LogP contribution in [0.25, 0.3) is 0 Å². The maximum Gasteiger partial charge on any atom is 0.252 e. The van der Waals surface area contributed by atoms with Crippen molar-refractivity contribution in [1.82, 2.24) is 5.32 Å². The summed E-state index contributed by atoms with van der Waals surface area (Å²) >= 11 is 6.72. The topological polar surface area (TPSA) is 38.3 Å². The SMILES string of the molecule is Cc1cccc(C(=O)NCCCOCCBr)c1Br. The minimum atomic E-state index is -0.0499. The van der Waals surface area contributed by atoms with Gasteiger partial charge in [0.2, 0.25) is 0 Å². The second-order valence-electron chi connectivity index (χ2n) is 3.85. The van der Waals surface area contributed by atoms with Crippen LogP contribution in [0.5, 0.6) is 0 Å². The van der Waals surface area contributed by atoms with E-state index in [1.54, 1.807) is 0 Å². The van der Waals surface area contributed by atoms with Gasteiger partial charge in [-0.25, -0.2) is 0 Å². The quantitative estimate of drug-likeness (QED) is 0.584. The molecule has 0 spiro atoms. The Balaban J connectivity index is 2.35. The molecule has 0 unspecified atom stereocenters. The van der Waals surface area contributed by atoms with Gasteiger partial charge in [-0.2, -0.15) is 0 Å². The summed E-state index contributed by atoms with van der Waals surface area (Å²) in [7, 11) is 0. The molecule has 18 heavy (non-hydrogen) atoms. The van der Waals surface area contributed by atoms with E-state index in [2.05, 4.69) is 37.2 Å². The molecule has 1 aromatic carbocycles. The summed E-state index contributed by atoms with van der Waals surface area (Å²) < 4.78 is 6.17. The highest BCUT2D eigenvalue weighted by Gasteiger charge is 2.10. The highest BCUT2D eigenvalue weighted by molar-refractivity contribution is 9.10. The van der Waals surface area contributed by atoms with E-state index >= 15 is 0 Å². The number of carbonyl (C=O) groups excluding carboxylic acids is 1. The third-order valence-electron chi connectivity index (χ3n) is 2.41. The molecule has 0 bridgehead atoms. The highest BCUT2D eigenvalue weighted by Crippen LogP contribution is 2.20. The normalized spacial score (nSPS) is 10.4. The summed E-state index contributed by atoms with van der Waals surface area (Å²) in [5.74, 6) is -0.0499. The fraction of sp³-hybridized carbons (Fsp3) is 0.462. The van der Waals surface area contributed by atoms with Crippen molar-refractivity contribution in [2.75, 3.05) is 25.1 Å². The number of hydrogen-bond donors (Lipinski definition) is 1. The van der Waals surface area contributed by atoms with Crippen molar-refractivity contribution in [3.05, 3.63) is 33.8 Å². The Morgan fingerprint density at radius 2 is 2.17 bits per heavy atom. The number of nitrogens with one attached hydrogen (secondary N) is 1. The van der Waals surface area contributed by atoms with Gasteiger partial charge in [0.15, 0.2) is 0 Å². The number of halogens is 2. The highest BCUT2D eigenvalue weighted by atomic mass is 79.9. The van der Waals surface area contributed by atoms with Crippen molar-refractivity contribution in [3.63, 3.8) is 0 Å². The first-order valence-corrected chi connectivity index (χ1v) is 7.75. The molecule has 0 radical (unpaired) electrons. The molecule has 100 valence electrons. The molecular formula is C13H17Br2NO2. The van der Waals surface area contributed by atoms with Gasteiger partial charge >= 0.3 is 0 Å².